The first-order chi connectivity index (χ1) is 8.55. The molecule has 18 heavy (non-hydrogen) atoms. The van der Waals surface area contributed by atoms with Crippen LogP contribution >= 0.6 is 0 Å². The van der Waals surface area contributed by atoms with Crippen LogP contribution in [0.3, 0.4) is 0 Å². The van der Waals surface area contributed by atoms with Gasteiger partial charge in [-0.05, 0) is 24.6 Å². The Kier molecular flexibility index (Phi) is 3.43. The highest BCUT2D eigenvalue weighted by molar-refractivity contribution is 5.82. The van der Waals surface area contributed by atoms with Crippen molar-refractivity contribution < 1.29 is 13.9 Å². The van der Waals surface area contributed by atoms with Gasteiger partial charge in [0.2, 0.25) is 0 Å². The number of ether oxygens (including phenoxy) is 1. The smallest absolute Gasteiger partial charge is 0.128 e. The summed E-state index contributed by atoms with van der Waals surface area (Å²) in [7, 11) is 0. The highest BCUT2D eigenvalue weighted by atomic mass is 19.1. The largest absolute Gasteiger partial charge is 0.386 e. The normalized spacial score (nSPS) is 23.6. The standard InChI is InChI=1S/C13H15FN2O2/c1-13(8-18-7-12(15)16-13)10-6-9(4-5-17)2-3-11(10)14/h2-3,5-6H,4,7-8H2,1H3,(H2,15,16)/t13-/m0/s1. The summed E-state index contributed by atoms with van der Waals surface area (Å²) in [6, 6.07) is 4.59. The van der Waals surface area contributed by atoms with E-state index in [2.05, 4.69) is 4.99 Å². The van der Waals surface area contributed by atoms with Gasteiger partial charge in [-0.2, -0.15) is 0 Å². The van der Waals surface area contributed by atoms with E-state index in [1.54, 1.807) is 19.1 Å². The van der Waals surface area contributed by atoms with Gasteiger partial charge in [0.15, 0.2) is 0 Å². The Morgan fingerprint density at radius 1 is 1.61 bits per heavy atom. The second kappa shape index (κ2) is 4.86. The van der Waals surface area contributed by atoms with E-state index < -0.39 is 5.54 Å². The van der Waals surface area contributed by atoms with Gasteiger partial charge in [-0.1, -0.05) is 6.07 Å². The Hall–Kier alpha value is -1.75. The molecule has 4 nitrogen and oxygen atoms in total. The van der Waals surface area contributed by atoms with Crippen LogP contribution in [-0.2, 0) is 21.5 Å². The number of hydrogen-bond donors (Lipinski definition) is 1. The molecule has 0 spiro atoms. The molecule has 0 fully saturated rings. The summed E-state index contributed by atoms with van der Waals surface area (Å²) in [6.45, 7) is 2.31. The fourth-order valence-electron chi connectivity index (χ4n) is 2.08. The van der Waals surface area contributed by atoms with Gasteiger partial charge in [0, 0.05) is 12.0 Å². The molecule has 0 bridgehead atoms. The molecule has 2 rings (SSSR count). The fraction of sp³-hybridized carbons (Fsp3) is 0.385. The molecule has 1 aromatic carbocycles. The van der Waals surface area contributed by atoms with Gasteiger partial charge in [-0.15, -0.1) is 0 Å². The van der Waals surface area contributed by atoms with Crippen LogP contribution in [0.15, 0.2) is 23.2 Å². The Labute approximate surface area is 105 Å². The molecule has 0 aromatic heterocycles. The molecule has 0 amide bonds. The number of rotatable bonds is 3. The zero-order valence-electron chi connectivity index (χ0n) is 10.1. The molecular formula is C13H15FN2O2. The quantitative estimate of drug-likeness (QED) is 0.819. The van der Waals surface area contributed by atoms with Gasteiger partial charge in [0.1, 0.15) is 30.1 Å². The Morgan fingerprint density at radius 3 is 3.06 bits per heavy atom. The average molecular weight is 250 g/mol. The summed E-state index contributed by atoms with van der Waals surface area (Å²) in [6.07, 6.45) is 1.04. The number of halogens is 1. The number of benzene rings is 1. The molecule has 2 N–H and O–H groups in total. The Bertz CT molecular complexity index is 502. The molecule has 1 aliphatic rings. The summed E-state index contributed by atoms with van der Waals surface area (Å²) in [5, 5.41) is 0. The van der Waals surface area contributed by atoms with Crippen molar-refractivity contribution in [3.05, 3.63) is 35.1 Å². The highest BCUT2D eigenvalue weighted by Gasteiger charge is 2.32. The first kappa shape index (κ1) is 12.7. The Morgan fingerprint density at radius 2 is 2.39 bits per heavy atom. The van der Waals surface area contributed by atoms with Gasteiger partial charge >= 0.3 is 0 Å². The number of nitrogens with two attached hydrogens (primary N) is 1. The molecule has 0 aliphatic carbocycles. The van der Waals surface area contributed by atoms with Crippen LogP contribution in [0.25, 0.3) is 0 Å². The van der Waals surface area contributed by atoms with E-state index in [9.17, 15) is 9.18 Å². The van der Waals surface area contributed by atoms with Crippen molar-refractivity contribution >= 4 is 12.1 Å². The number of carbonyl (C=O) groups excluding carboxylic acids is 1. The number of nitrogens with zero attached hydrogens (tertiary/aromatic N) is 1. The van der Waals surface area contributed by atoms with Crippen LogP contribution in [0, 0.1) is 5.82 Å². The van der Waals surface area contributed by atoms with Crippen LogP contribution < -0.4 is 5.73 Å². The molecule has 1 aromatic rings. The topological polar surface area (TPSA) is 64.7 Å². The molecule has 0 radical (unpaired) electrons. The molecule has 96 valence electrons. The van der Waals surface area contributed by atoms with Crippen LogP contribution in [0.5, 0.6) is 0 Å². The van der Waals surface area contributed by atoms with Crippen molar-refractivity contribution in [1.82, 2.24) is 0 Å². The fourth-order valence-corrected chi connectivity index (χ4v) is 2.08. The van der Waals surface area contributed by atoms with E-state index in [4.69, 9.17) is 10.5 Å². The van der Waals surface area contributed by atoms with Crippen LogP contribution in [0.4, 0.5) is 4.39 Å². The predicted octanol–water partition coefficient (Wildman–Crippen LogP) is 1.17. The number of aldehydes is 1. The van der Waals surface area contributed by atoms with Crippen LogP contribution in [0.2, 0.25) is 0 Å². The molecule has 0 unspecified atom stereocenters. The zero-order valence-corrected chi connectivity index (χ0v) is 10.1. The minimum atomic E-state index is -0.828. The summed E-state index contributed by atoms with van der Waals surface area (Å²) in [5.41, 5.74) is 5.97. The first-order valence-corrected chi connectivity index (χ1v) is 5.69. The number of carbonyl (C=O) groups is 1. The third kappa shape index (κ3) is 2.41. The maximum Gasteiger partial charge on any atom is 0.128 e. The zero-order chi connectivity index (χ0) is 13.2. The minimum Gasteiger partial charge on any atom is -0.386 e. The molecule has 1 heterocycles. The number of aliphatic imine (C=N–C) groups is 1. The minimum absolute atomic E-state index is 0.253. The molecule has 5 heteroatoms. The van der Waals surface area contributed by atoms with E-state index in [1.807, 2.05) is 0 Å². The summed E-state index contributed by atoms with van der Waals surface area (Å²) < 4.78 is 19.2. The van der Waals surface area contributed by atoms with Gasteiger partial charge in [-0.3, -0.25) is 4.99 Å². The van der Waals surface area contributed by atoms with E-state index in [-0.39, 0.29) is 25.5 Å². The van der Waals surface area contributed by atoms with Gasteiger partial charge < -0.3 is 15.3 Å². The number of hydrogen-bond acceptors (Lipinski definition) is 4. The summed E-state index contributed by atoms with van der Waals surface area (Å²) in [5.74, 6) is -0.0156. The van der Waals surface area contributed by atoms with Gasteiger partial charge in [-0.25, -0.2) is 4.39 Å². The lowest BCUT2D eigenvalue weighted by Crippen LogP contribution is -2.38. The summed E-state index contributed by atoms with van der Waals surface area (Å²) >= 11 is 0. The Balaban J connectivity index is 2.45. The van der Waals surface area contributed by atoms with Crippen molar-refractivity contribution in [2.24, 2.45) is 10.7 Å². The first-order valence-electron chi connectivity index (χ1n) is 5.69. The third-order valence-electron chi connectivity index (χ3n) is 2.95. The second-order valence-electron chi connectivity index (χ2n) is 4.55. The third-order valence-corrected chi connectivity index (χ3v) is 2.95. The monoisotopic (exact) mass is 250 g/mol. The van der Waals surface area contributed by atoms with Gasteiger partial charge in [0.25, 0.3) is 0 Å². The average Bonchev–Trinajstić information content (AvgIpc) is 2.31. The van der Waals surface area contributed by atoms with Crippen molar-refractivity contribution in [3.8, 4) is 0 Å². The SMILES string of the molecule is C[C@@]1(c2cc(CC=O)ccc2F)COCC(N)=N1. The maximum absolute atomic E-state index is 13.9. The summed E-state index contributed by atoms with van der Waals surface area (Å²) in [4.78, 5) is 14.8. The molecule has 0 saturated heterocycles. The highest BCUT2D eigenvalue weighted by Crippen LogP contribution is 2.31. The van der Waals surface area contributed by atoms with Crippen LogP contribution in [0.1, 0.15) is 18.1 Å². The second-order valence-corrected chi connectivity index (χ2v) is 4.55. The van der Waals surface area contributed by atoms with E-state index >= 15 is 0 Å². The molecule has 1 atom stereocenters. The molecular weight excluding hydrogens is 235 g/mol. The van der Waals surface area contributed by atoms with Crippen molar-refractivity contribution in [1.29, 1.82) is 0 Å². The predicted molar refractivity (Wildman–Crippen MR) is 66.0 cm³/mol. The van der Waals surface area contributed by atoms with Crippen LogP contribution in [-0.4, -0.2) is 25.3 Å². The lowest BCUT2D eigenvalue weighted by atomic mass is 9.90. The number of amidine groups is 1. The lowest BCUT2D eigenvalue weighted by Gasteiger charge is -2.30. The van der Waals surface area contributed by atoms with Gasteiger partial charge in [0.05, 0.1) is 6.61 Å². The van der Waals surface area contributed by atoms with Crippen molar-refractivity contribution in [2.45, 2.75) is 18.9 Å². The van der Waals surface area contributed by atoms with E-state index in [0.29, 0.717) is 11.4 Å². The van der Waals surface area contributed by atoms with Crippen molar-refractivity contribution in [3.63, 3.8) is 0 Å². The maximum atomic E-state index is 13.9. The van der Waals surface area contributed by atoms with Crippen molar-refractivity contribution in [2.75, 3.05) is 13.2 Å². The molecule has 0 saturated carbocycles. The van der Waals surface area contributed by atoms with E-state index in [0.717, 1.165) is 11.8 Å². The van der Waals surface area contributed by atoms with E-state index in [1.165, 1.54) is 6.07 Å². The lowest BCUT2D eigenvalue weighted by molar-refractivity contribution is -0.107. The molecule has 1 aliphatic heterocycles.